The normalized spacial score (nSPS) is 9.15. The number of carbonyl (C=O) groups excluding carboxylic acids is 1. The number of rotatable bonds is 2. The van der Waals surface area contributed by atoms with Crippen LogP contribution in [0.2, 0.25) is 0 Å². The fourth-order valence-corrected chi connectivity index (χ4v) is 0.888. The van der Waals surface area contributed by atoms with E-state index in [4.69, 9.17) is 0 Å². The van der Waals surface area contributed by atoms with Gasteiger partial charge in [0.2, 0.25) is 5.95 Å². The van der Waals surface area contributed by atoms with Gasteiger partial charge in [0.05, 0.1) is 0 Å². The Labute approximate surface area is 97.8 Å². The van der Waals surface area contributed by atoms with E-state index in [1.807, 2.05) is 0 Å². The number of aromatic carboxylic acids is 1. The van der Waals surface area contributed by atoms with Gasteiger partial charge in [0, 0.05) is 21.1 Å². The topological polar surface area (TPSA) is 74.1 Å². The molecule has 1 aromatic heterocycles. The van der Waals surface area contributed by atoms with Crippen molar-refractivity contribution in [3.63, 3.8) is 0 Å². The predicted molar refractivity (Wildman–Crippen MR) is 39.7 cm³/mol. The molecule has 0 fully saturated rings. The molecule has 0 unspecified atom stereocenters. The minimum atomic E-state index is -1.32. The van der Waals surface area contributed by atoms with Crippen molar-refractivity contribution in [2.75, 3.05) is 19.0 Å². The summed E-state index contributed by atoms with van der Waals surface area (Å²) >= 11 is 0. The van der Waals surface area contributed by atoms with Crippen LogP contribution in [0.25, 0.3) is 0 Å². The van der Waals surface area contributed by atoms with Gasteiger partial charge in [0.15, 0.2) is 5.82 Å². The van der Waals surface area contributed by atoms with Gasteiger partial charge < -0.3 is 14.8 Å². The van der Waals surface area contributed by atoms with E-state index in [0.717, 1.165) is 0 Å². The Morgan fingerprint density at radius 1 is 1.46 bits per heavy atom. The molecule has 6 nitrogen and oxygen atoms in total. The average Bonchev–Trinajstić information content (AvgIpc) is 2.30. The molecule has 0 spiro atoms. The quantitative estimate of drug-likeness (QED) is 0.440. The van der Waals surface area contributed by atoms with E-state index in [9.17, 15) is 9.90 Å². The summed E-state index contributed by atoms with van der Waals surface area (Å²) in [5, 5.41) is 17.5. The van der Waals surface area contributed by atoms with Crippen LogP contribution in [0.15, 0.2) is 0 Å². The van der Waals surface area contributed by atoms with E-state index in [-0.39, 0.29) is 35.4 Å². The van der Waals surface area contributed by atoms with E-state index in [1.165, 1.54) is 4.57 Å². The number of hydrogen-bond acceptors (Lipinski definition) is 5. The van der Waals surface area contributed by atoms with Gasteiger partial charge in [-0.2, -0.15) is 0 Å². The summed E-state index contributed by atoms with van der Waals surface area (Å²) in [6, 6.07) is 0. The molecule has 0 saturated carbocycles. The second-order valence-electron chi connectivity index (χ2n) is 2.56. The molecule has 0 aliphatic heterocycles. The Kier molecular flexibility index (Phi) is 4.38. The van der Waals surface area contributed by atoms with Gasteiger partial charge >= 0.3 is 29.6 Å². The first kappa shape index (κ1) is 12.4. The molecular formula is C6H9N4NaO2. The van der Waals surface area contributed by atoms with Crippen molar-refractivity contribution in [1.29, 1.82) is 0 Å². The molecular weight excluding hydrogens is 183 g/mol. The van der Waals surface area contributed by atoms with Crippen molar-refractivity contribution in [3.05, 3.63) is 5.82 Å². The second-order valence-corrected chi connectivity index (χ2v) is 2.56. The summed E-state index contributed by atoms with van der Waals surface area (Å²) < 4.78 is 1.36. The summed E-state index contributed by atoms with van der Waals surface area (Å²) in [4.78, 5) is 12.1. The first-order valence-corrected chi connectivity index (χ1v) is 3.32. The smallest absolute Gasteiger partial charge is 0.541 e. The van der Waals surface area contributed by atoms with Crippen LogP contribution in [0.4, 0.5) is 5.95 Å². The fraction of sp³-hybridized carbons (Fsp3) is 0.500. The van der Waals surface area contributed by atoms with Gasteiger partial charge in [-0.3, -0.25) is 4.57 Å². The fourth-order valence-electron chi connectivity index (χ4n) is 0.888. The van der Waals surface area contributed by atoms with Gasteiger partial charge in [0.25, 0.3) is 0 Å². The molecule has 1 rings (SSSR count). The maximum absolute atomic E-state index is 10.4. The number of carbonyl (C=O) groups is 1. The van der Waals surface area contributed by atoms with Crippen LogP contribution in [0, 0.1) is 0 Å². The molecule has 0 radical (unpaired) electrons. The van der Waals surface area contributed by atoms with Crippen LogP contribution in [-0.2, 0) is 7.05 Å². The Bertz CT molecular complexity index is 310. The van der Waals surface area contributed by atoms with E-state index < -0.39 is 5.97 Å². The van der Waals surface area contributed by atoms with Gasteiger partial charge in [-0.1, -0.05) is 0 Å². The third-order valence-electron chi connectivity index (χ3n) is 1.43. The van der Waals surface area contributed by atoms with Crippen LogP contribution >= 0.6 is 0 Å². The van der Waals surface area contributed by atoms with E-state index in [1.54, 1.807) is 26.0 Å². The number of aromatic nitrogens is 3. The zero-order chi connectivity index (χ0) is 9.30. The number of carboxylic acid groups (broad SMARTS) is 1. The van der Waals surface area contributed by atoms with Gasteiger partial charge in [-0.25, -0.2) is 0 Å². The van der Waals surface area contributed by atoms with Crippen molar-refractivity contribution in [2.45, 2.75) is 0 Å². The number of hydrogen-bond donors (Lipinski definition) is 0. The summed E-state index contributed by atoms with van der Waals surface area (Å²) in [5.74, 6) is -1.01. The Morgan fingerprint density at radius 3 is 2.23 bits per heavy atom. The zero-order valence-electron chi connectivity index (χ0n) is 8.11. The molecule has 0 saturated heterocycles. The van der Waals surface area contributed by atoms with Crippen molar-refractivity contribution < 1.29 is 39.5 Å². The van der Waals surface area contributed by atoms with E-state index in [0.29, 0.717) is 5.95 Å². The monoisotopic (exact) mass is 192 g/mol. The van der Waals surface area contributed by atoms with Crippen molar-refractivity contribution in [1.82, 2.24) is 14.8 Å². The van der Waals surface area contributed by atoms with Crippen LogP contribution < -0.4 is 39.6 Å². The molecule has 1 heterocycles. The minimum Gasteiger partial charge on any atom is -0.541 e. The third kappa shape index (κ3) is 2.43. The standard InChI is InChI=1S/C6H10N4O2.Na/c1-9(2)6-8-7-4(5(11)12)10(6)3;/h1-3H3,(H,11,12);/q;+1/p-1. The van der Waals surface area contributed by atoms with Crippen molar-refractivity contribution in [3.8, 4) is 0 Å². The minimum absolute atomic E-state index is 0. The van der Waals surface area contributed by atoms with Crippen LogP contribution in [0.3, 0.4) is 0 Å². The Balaban J connectivity index is 0.00000144. The largest absolute Gasteiger partial charge is 1.00 e. The number of anilines is 1. The molecule has 0 amide bonds. The van der Waals surface area contributed by atoms with E-state index >= 15 is 0 Å². The van der Waals surface area contributed by atoms with Crippen molar-refractivity contribution in [2.24, 2.45) is 7.05 Å². The van der Waals surface area contributed by atoms with Crippen LogP contribution in [-0.4, -0.2) is 34.8 Å². The van der Waals surface area contributed by atoms with Crippen LogP contribution in [0.1, 0.15) is 10.6 Å². The average molecular weight is 192 g/mol. The number of carboxylic acids is 1. The summed E-state index contributed by atoms with van der Waals surface area (Å²) in [6.45, 7) is 0. The van der Waals surface area contributed by atoms with Crippen molar-refractivity contribution >= 4 is 11.9 Å². The second kappa shape index (κ2) is 4.59. The summed E-state index contributed by atoms with van der Waals surface area (Å²) in [7, 11) is 5.08. The van der Waals surface area contributed by atoms with Gasteiger partial charge in [0.1, 0.15) is 5.97 Å². The molecule has 1 aromatic rings. The summed E-state index contributed by atoms with van der Waals surface area (Å²) in [5.41, 5.74) is 0. The first-order valence-electron chi connectivity index (χ1n) is 3.32. The van der Waals surface area contributed by atoms with Gasteiger partial charge in [-0.15, -0.1) is 10.2 Å². The van der Waals surface area contributed by atoms with Crippen LogP contribution in [0.5, 0.6) is 0 Å². The van der Waals surface area contributed by atoms with Gasteiger partial charge in [-0.05, 0) is 0 Å². The Hall–Kier alpha value is -0.590. The third-order valence-corrected chi connectivity index (χ3v) is 1.43. The maximum atomic E-state index is 10.4. The molecule has 0 N–H and O–H groups in total. The zero-order valence-corrected chi connectivity index (χ0v) is 10.1. The Morgan fingerprint density at radius 2 is 2.00 bits per heavy atom. The molecule has 13 heavy (non-hydrogen) atoms. The molecule has 0 aromatic carbocycles. The molecule has 0 atom stereocenters. The molecule has 66 valence electrons. The molecule has 7 heteroatoms. The molecule has 0 aliphatic rings. The first-order chi connectivity index (χ1) is 5.54. The summed E-state index contributed by atoms with van der Waals surface area (Å²) in [6.07, 6.45) is 0. The molecule has 0 aliphatic carbocycles. The number of nitrogens with zero attached hydrogens (tertiary/aromatic N) is 4. The molecule has 0 bridgehead atoms. The maximum Gasteiger partial charge on any atom is 1.00 e. The SMILES string of the molecule is CN(C)c1nnc(C(=O)[O-])n1C.[Na+]. The predicted octanol–water partition coefficient (Wildman–Crippen LogP) is -4.75. The van der Waals surface area contributed by atoms with E-state index in [2.05, 4.69) is 10.2 Å².